The Labute approximate surface area is 195 Å². The fraction of sp³-hybridized carbons (Fsp3) is 0.741. The molecule has 1 aromatic rings. The molecule has 5 unspecified atom stereocenters. The van der Waals surface area contributed by atoms with Crippen molar-refractivity contribution < 1.29 is 9.90 Å². The molecule has 0 amide bonds. The molecule has 1 aliphatic carbocycles. The fourth-order valence-electron chi connectivity index (χ4n) is 6.64. The molecule has 5 atom stereocenters. The molecule has 0 radical (unpaired) electrons. The Bertz CT molecular complexity index is 699. The van der Waals surface area contributed by atoms with E-state index in [2.05, 4.69) is 86.6 Å². The maximum absolute atomic E-state index is 11.6. The van der Waals surface area contributed by atoms with E-state index in [9.17, 15) is 9.90 Å². The van der Waals surface area contributed by atoms with Crippen LogP contribution in [0.2, 0.25) is 0 Å². The molecule has 0 bridgehead atoms. The van der Waals surface area contributed by atoms with Gasteiger partial charge in [-0.2, -0.15) is 0 Å². The van der Waals surface area contributed by atoms with Crippen LogP contribution in [0.4, 0.5) is 0 Å². The topological polar surface area (TPSA) is 63.3 Å². The number of aryl methyl sites for hydroxylation is 1. The first-order valence-corrected chi connectivity index (χ1v) is 13.0. The average Bonchev–Trinajstić information content (AvgIpc) is 2.99. The molecule has 0 aliphatic heterocycles. The van der Waals surface area contributed by atoms with E-state index in [0.717, 1.165) is 0 Å². The van der Waals surface area contributed by atoms with Crippen molar-refractivity contribution in [2.75, 3.05) is 5.75 Å². The summed E-state index contributed by atoms with van der Waals surface area (Å²) in [5.41, 5.74) is 8.68. The zero-order valence-electron chi connectivity index (χ0n) is 21.1. The smallest absolute Gasteiger partial charge is 0.321 e. The summed E-state index contributed by atoms with van der Waals surface area (Å²) in [5, 5.41) is 9.54. The second-order valence-electron chi connectivity index (χ2n) is 11.1. The predicted octanol–water partition coefficient (Wildman–Crippen LogP) is 6.44. The number of thioether (sulfide) groups is 1. The van der Waals surface area contributed by atoms with Crippen molar-refractivity contribution in [1.82, 2.24) is 0 Å². The molecule has 0 heterocycles. The van der Waals surface area contributed by atoms with Crippen molar-refractivity contribution in [2.24, 2.45) is 53.1 Å². The molecule has 176 valence electrons. The molecule has 1 saturated carbocycles. The van der Waals surface area contributed by atoms with E-state index in [-0.39, 0.29) is 4.75 Å². The normalized spacial score (nSPS) is 30.0. The van der Waals surface area contributed by atoms with Gasteiger partial charge in [-0.1, -0.05) is 85.2 Å². The van der Waals surface area contributed by atoms with Gasteiger partial charge in [-0.3, -0.25) is 4.79 Å². The highest BCUT2D eigenvalue weighted by Crippen LogP contribution is 2.68. The molecule has 1 aliphatic rings. The van der Waals surface area contributed by atoms with Gasteiger partial charge in [0.15, 0.2) is 0 Å². The average molecular weight is 448 g/mol. The summed E-state index contributed by atoms with van der Waals surface area (Å²) in [6.07, 6.45) is 0. The van der Waals surface area contributed by atoms with Gasteiger partial charge in [0.25, 0.3) is 0 Å². The minimum Gasteiger partial charge on any atom is -0.480 e. The number of hydrogen-bond donors (Lipinski definition) is 2. The van der Waals surface area contributed by atoms with E-state index in [0.29, 0.717) is 53.1 Å². The molecule has 2 rings (SSSR count). The van der Waals surface area contributed by atoms with Crippen molar-refractivity contribution in [3.05, 3.63) is 35.4 Å². The first-order valence-electron chi connectivity index (χ1n) is 12.1. The molecular weight excluding hydrogens is 402 g/mol. The Balaban J connectivity index is 2.82. The Kier molecular flexibility index (Phi) is 8.72. The van der Waals surface area contributed by atoms with Crippen LogP contribution >= 0.6 is 11.8 Å². The maximum Gasteiger partial charge on any atom is 0.321 e. The lowest BCUT2D eigenvalue weighted by molar-refractivity contribution is -0.137. The van der Waals surface area contributed by atoms with E-state index in [4.69, 9.17) is 5.73 Å². The molecular formula is C27H45NO2S. The van der Waals surface area contributed by atoms with Crippen LogP contribution in [0, 0.1) is 54.3 Å². The zero-order chi connectivity index (χ0) is 23.7. The first kappa shape index (κ1) is 26.3. The van der Waals surface area contributed by atoms with Gasteiger partial charge >= 0.3 is 5.97 Å². The van der Waals surface area contributed by atoms with Crippen molar-refractivity contribution in [3.8, 4) is 0 Å². The Morgan fingerprint density at radius 2 is 1.32 bits per heavy atom. The van der Waals surface area contributed by atoms with Crippen LogP contribution in [-0.2, 0) is 9.54 Å². The van der Waals surface area contributed by atoms with Gasteiger partial charge in [-0.15, -0.1) is 11.8 Å². The highest BCUT2D eigenvalue weighted by molar-refractivity contribution is 8.00. The van der Waals surface area contributed by atoms with Gasteiger partial charge in [0.05, 0.1) is 0 Å². The SMILES string of the molecule is Cc1ccc(C2(SCC(N)C(=O)O)C(C(C)C)C(C(C)C)C(C(C)C)C2C(C)C)cc1. The van der Waals surface area contributed by atoms with Gasteiger partial charge in [0, 0.05) is 10.5 Å². The van der Waals surface area contributed by atoms with E-state index in [1.54, 1.807) is 0 Å². The summed E-state index contributed by atoms with van der Waals surface area (Å²) in [6.45, 7) is 21.1. The molecule has 4 heteroatoms. The largest absolute Gasteiger partial charge is 0.480 e. The highest BCUT2D eigenvalue weighted by atomic mass is 32.2. The van der Waals surface area contributed by atoms with Crippen LogP contribution in [-0.4, -0.2) is 22.9 Å². The summed E-state index contributed by atoms with van der Waals surface area (Å²) in [7, 11) is 0. The van der Waals surface area contributed by atoms with Crippen molar-refractivity contribution in [3.63, 3.8) is 0 Å². The number of benzene rings is 1. The first-order chi connectivity index (χ1) is 14.4. The van der Waals surface area contributed by atoms with E-state index >= 15 is 0 Å². The van der Waals surface area contributed by atoms with E-state index in [1.165, 1.54) is 11.1 Å². The van der Waals surface area contributed by atoms with Crippen LogP contribution < -0.4 is 5.73 Å². The summed E-state index contributed by atoms with van der Waals surface area (Å²) < 4.78 is -0.146. The monoisotopic (exact) mass is 447 g/mol. The van der Waals surface area contributed by atoms with Gasteiger partial charge in [0.2, 0.25) is 0 Å². The molecule has 0 aromatic heterocycles. The van der Waals surface area contributed by atoms with Gasteiger partial charge in [-0.05, 0) is 59.8 Å². The minimum absolute atomic E-state index is 0.146. The molecule has 3 N–H and O–H groups in total. The quantitative estimate of drug-likeness (QED) is 0.457. The second-order valence-corrected chi connectivity index (χ2v) is 12.4. The maximum atomic E-state index is 11.6. The van der Waals surface area contributed by atoms with Crippen molar-refractivity contribution >= 4 is 17.7 Å². The molecule has 1 aromatic carbocycles. The van der Waals surface area contributed by atoms with Crippen LogP contribution in [0.5, 0.6) is 0 Å². The van der Waals surface area contributed by atoms with Crippen molar-refractivity contribution in [1.29, 1.82) is 0 Å². The standard InChI is InChI=1S/C27H45NO2S/c1-15(2)22-23(16(3)4)25(18(7)8)27(24(22)17(5)6,31-14-21(28)26(29)30)20-12-10-19(9)11-13-20/h10-13,15-18,21-25H,14,28H2,1-9H3,(H,29,30). The molecule has 31 heavy (non-hydrogen) atoms. The summed E-state index contributed by atoms with van der Waals surface area (Å²) in [5.74, 6) is 3.74. The molecule has 0 saturated heterocycles. The lowest BCUT2D eigenvalue weighted by Gasteiger charge is -2.46. The van der Waals surface area contributed by atoms with Crippen LogP contribution in [0.3, 0.4) is 0 Å². The van der Waals surface area contributed by atoms with Gasteiger partial charge in [-0.25, -0.2) is 0 Å². The van der Waals surface area contributed by atoms with Crippen LogP contribution in [0.25, 0.3) is 0 Å². The molecule has 3 nitrogen and oxygen atoms in total. The summed E-state index contributed by atoms with van der Waals surface area (Å²) in [4.78, 5) is 11.6. The van der Waals surface area contributed by atoms with Gasteiger partial charge < -0.3 is 10.8 Å². The Morgan fingerprint density at radius 1 is 0.903 bits per heavy atom. The molecule has 0 spiro atoms. The number of aliphatic carboxylic acids is 1. The Morgan fingerprint density at radius 3 is 1.65 bits per heavy atom. The van der Waals surface area contributed by atoms with Gasteiger partial charge in [0.1, 0.15) is 6.04 Å². The van der Waals surface area contributed by atoms with Crippen molar-refractivity contribution in [2.45, 2.75) is 73.1 Å². The second kappa shape index (κ2) is 10.3. The number of nitrogens with two attached hydrogens (primary N) is 1. The molecule has 1 fully saturated rings. The number of carboxylic acid groups (broad SMARTS) is 1. The third-order valence-corrected chi connectivity index (χ3v) is 9.35. The minimum atomic E-state index is -0.910. The number of carboxylic acids is 1. The lowest BCUT2D eigenvalue weighted by Crippen LogP contribution is -2.43. The van der Waals surface area contributed by atoms with Crippen LogP contribution in [0.1, 0.15) is 66.5 Å². The van der Waals surface area contributed by atoms with E-state index in [1.807, 2.05) is 11.8 Å². The predicted molar refractivity (Wildman–Crippen MR) is 134 cm³/mol. The number of hydrogen-bond acceptors (Lipinski definition) is 3. The highest BCUT2D eigenvalue weighted by Gasteiger charge is 2.63. The van der Waals surface area contributed by atoms with E-state index < -0.39 is 12.0 Å². The number of carbonyl (C=O) groups is 1. The third kappa shape index (κ3) is 5.00. The third-order valence-electron chi connectivity index (χ3n) is 7.56. The van der Waals surface area contributed by atoms with Crippen LogP contribution in [0.15, 0.2) is 24.3 Å². The Hall–Kier alpha value is -1.00. The lowest BCUT2D eigenvalue weighted by atomic mass is 9.70. The summed E-state index contributed by atoms with van der Waals surface area (Å²) in [6, 6.07) is 8.20. The number of rotatable bonds is 9. The fourth-order valence-corrected chi connectivity index (χ4v) is 8.79. The zero-order valence-corrected chi connectivity index (χ0v) is 21.9. The summed E-state index contributed by atoms with van der Waals surface area (Å²) >= 11 is 1.84.